The van der Waals surface area contributed by atoms with Gasteiger partial charge in [-0.25, -0.2) is 4.98 Å². The van der Waals surface area contributed by atoms with Crippen LogP contribution in [0.15, 0.2) is 54.6 Å². The zero-order chi connectivity index (χ0) is 18.1. The van der Waals surface area contributed by atoms with Crippen molar-refractivity contribution in [2.45, 2.75) is 24.9 Å². The molecule has 1 aliphatic rings. The van der Waals surface area contributed by atoms with Crippen molar-refractivity contribution in [2.75, 3.05) is 20.6 Å². The number of carbonyl (C=O) groups is 1. The average Bonchev–Trinajstić information content (AvgIpc) is 3.29. The van der Waals surface area contributed by atoms with Gasteiger partial charge in [-0.1, -0.05) is 42.5 Å². The minimum atomic E-state index is -0.259. The van der Waals surface area contributed by atoms with E-state index in [0.29, 0.717) is 0 Å². The van der Waals surface area contributed by atoms with Crippen molar-refractivity contribution in [2.24, 2.45) is 0 Å². The summed E-state index contributed by atoms with van der Waals surface area (Å²) in [5.41, 5.74) is 2.11. The van der Waals surface area contributed by atoms with Crippen LogP contribution in [0.1, 0.15) is 35.5 Å². The summed E-state index contributed by atoms with van der Waals surface area (Å²) >= 11 is 1.75. The van der Waals surface area contributed by atoms with Crippen LogP contribution >= 0.6 is 11.3 Å². The number of rotatable bonds is 4. The van der Waals surface area contributed by atoms with Gasteiger partial charge in [0.1, 0.15) is 11.0 Å². The molecule has 0 bridgehead atoms. The Kier molecular flexibility index (Phi) is 4.74. The van der Waals surface area contributed by atoms with E-state index in [0.717, 1.165) is 35.5 Å². The molecule has 1 aliphatic heterocycles. The number of benzene rings is 2. The summed E-state index contributed by atoms with van der Waals surface area (Å²) in [7, 11) is 3.67. The van der Waals surface area contributed by atoms with Gasteiger partial charge in [0.2, 0.25) is 5.91 Å². The first-order valence-corrected chi connectivity index (χ1v) is 9.84. The van der Waals surface area contributed by atoms with Crippen LogP contribution in [0.4, 0.5) is 0 Å². The van der Waals surface area contributed by atoms with Crippen molar-refractivity contribution < 1.29 is 4.79 Å². The van der Waals surface area contributed by atoms with E-state index in [1.54, 1.807) is 16.2 Å². The number of fused-ring (bicyclic) bond motifs is 1. The lowest BCUT2D eigenvalue weighted by molar-refractivity contribution is -0.135. The summed E-state index contributed by atoms with van der Waals surface area (Å²) in [4.78, 5) is 22.0. The minimum Gasteiger partial charge on any atom is -0.347 e. The minimum absolute atomic E-state index is 0.129. The van der Waals surface area contributed by atoms with Crippen LogP contribution in [0.25, 0.3) is 10.2 Å². The molecule has 1 amide bonds. The second kappa shape index (κ2) is 7.17. The number of amides is 1. The highest BCUT2D eigenvalue weighted by atomic mass is 32.1. The number of carbonyl (C=O) groups excluding carboxylic acids is 1. The molecule has 5 heteroatoms. The van der Waals surface area contributed by atoms with Crippen molar-refractivity contribution >= 4 is 27.5 Å². The van der Waals surface area contributed by atoms with Crippen LogP contribution in [-0.4, -0.2) is 41.3 Å². The molecule has 1 saturated heterocycles. The molecule has 4 rings (SSSR count). The van der Waals surface area contributed by atoms with Crippen LogP contribution in [0.3, 0.4) is 0 Å². The van der Waals surface area contributed by atoms with Crippen molar-refractivity contribution in [3.8, 4) is 0 Å². The van der Waals surface area contributed by atoms with Crippen LogP contribution < -0.4 is 0 Å². The van der Waals surface area contributed by atoms with Crippen molar-refractivity contribution in [3.05, 3.63) is 65.2 Å². The first-order chi connectivity index (χ1) is 12.6. The summed E-state index contributed by atoms with van der Waals surface area (Å²) in [6.07, 6.45) is 2.13. The zero-order valence-electron chi connectivity index (χ0n) is 15.1. The van der Waals surface area contributed by atoms with Crippen molar-refractivity contribution in [3.63, 3.8) is 0 Å². The second-order valence-corrected chi connectivity index (χ2v) is 8.02. The average molecular weight is 366 g/mol. The smallest absolute Gasteiger partial charge is 0.244 e. The Labute approximate surface area is 158 Å². The van der Waals surface area contributed by atoms with Gasteiger partial charge in [-0.3, -0.25) is 9.69 Å². The Hall–Kier alpha value is -2.24. The Morgan fingerprint density at radius 3 is 2.62 bits per heavy atom. The van der Waals surface area contributed by atoms with Gasteiger partial charge in [-0.05, 0) is 30.5 Å². The molecular formula is C21H23N3OS. The molecule has 26 heavy (non-hydrogen) atoms. The number of aromatic nitrogens is 1. The highest BCUT2D eigenvalue weighted by Crippen LogP contribution is 2.41. The number of hydrogen-bond donors (Lipinski definition) is 0. The van der Waals surface area contributed by atoms with Gasteiger partial charge < -0.3 is 4.90 Å². The molecule has 2 heterocycles. The summed E-state index contributed by atoms with van der Waals surface area (Å²) in [5.74, 6) is 0.129. The molecule has 1 aromatic heterocycles. The van der Waals surface area contributed by atoms with Crippen LogP contribution in [0.2, 0.25) is 0 Å². The van der Waals surface area contributed by atoms with Gasteiger partial charge in [-0.15, -0.1) is 11.3 Å². The molecule has 1 fully saturated rings. The molecule has 0 saturated carbocycles. The third kappa shape index (κ3) is 3.13. The van der Waals surface area contributed by atoms with E-state index in [1.807, 2.05) is 38.4 Å². The van der Waals surface area contributed by atoms with Gasteiger partial charge in [0.05, 0.1) is 16.3 Å². The van der Waals surface area contributed by atoms with Gasteiger partial charge in [0.15, 0.2) is 0 Å². The Morgan fingerprint density at radius 1 is 1.15 bits per heavy atom. The fourth-order valence-corrected chi connectivity index (χ4v) is 4.88. The lowest BCUT2D eigenvalue weighted by atomic mass is 10.0. The molecule has 0 N–H and O–H groups in total. The van der Waals surface area contributed by atoms with E-state index in [2.05, 4.69) is 35.2 Å². The van der Waals surface area contributed by atoms with Gasteiger partial charge >= 0.3 is 0 Å². The third-order valence-corrected chi connectivity index (χ3v) is 6.15. The van der Waals surface area contributed by atoms with Crippen LogP contribution in [0.5, 0.6) is 0 Å². The summed E-state index contributed by atoms with van der Waals surface area (Å²) in [5, 5.41) is 1.12. The van der Waals surface area contributed by atoms with Crippen molar-refractivity contribution in [1.82, 2.24) is 14.8 Å². The number of para-hydroxylation sites is 1. The fourth-order valence-electron chi connectivity index (χ4n) is 3.75. The van der Waals surface area contributed by atoms with Crippen LogP contribution in [0, 0.1) is 0 Å². The van der Waals surface area contributed by atoms with E-state index >= 15 is 0 Å². The number of likely N-dealkylation sites (N-methyl/N-ethyl adjacent to an activating group) is 1. The number of likely N-dealkylation sites (tertiary alicyclic amines) is 1. The number of nitrogens with zero attached hydrogens (tertiary/aromatic N) is 3. The van der Waals surface area contributed by atoms with E-state index in [4.69, 9.17) is 4.98 Å². The van der Waals surface area contributed by atoms with Crippen LogP contribution in [-0.2, 0) is 4.79 Å². The molecule has 134 valence electrons. The predicted molar refractivity (Wildman–Crippen MR) is 106 cm³/mol. The maximum absolute atomic E-state index is 13.0. The maximum atomic E-state index is 13.0. The standard InChI is InChI=1S/C21H23N3OS/c1-23(2)21(25)19(15-9-4-3-5-10-15)24-14-8-12-17(24)20-22-16-11-6-7-13-18(16)26-20/h3-7,9-11,13,17,19H,8,12,14H2,1-2H3. The normalized spacial score (nSPS) is 18.9. The second-order valence-electron chi connectivity index (χ2n) is 6.96. The number of thiazole rings is 1. The molecule has 0 spiro atoms. The monoisotopic (exact) mass is 365 g/mol. The molecule has 2 aromatic carbocycles. The highest BCUT2D eigenvalue weighted by molar-refractivity contribution is 7.18. The van der Waals surface area contributed by atoms with Crippen molar-refractivity contribution in [1.29, 1.82) is 0 Å². The third-order valence-electron chi connectivity index (χ3n) is 5.01. The fraction of sp³-hybridized carbons (Fsp3) is 0.333. The molecule has 4 nitrogen and oxygen atoms in total. The Morgan fingerprint density at radius 2 is 1.88 bits per heavy atom. The Bertz CT molecular complexity index is 873. The lowest BCUT2D eigenvalue weighted by Gasteiger charge is -2.33. The quantitative estimate of drug-likeness (QED) is 0.693. The molecule has 0 aliphatic carbocycles. The van der Waals surface area contributed by atoms with E-state index in [-0.39, 0.29) is 18.0 Å². The zero-order valence-corrected chi connectivity index (χ0v) is 15.9. The first-order valence-electron chi connectivity index (χ1n) is 9.02. The lowest BCUT2D eigenvalue weighted by Crippen LogP contribution is -2.39. The van der Waals surface area contributed by atoms with Gasteiger partial charge in [0, 0.05) is 20.6 Å². The largest absolute Gasteiger partial charge is 0.347 e. The van der Waals surface area contributed by atoms with E-state index in [1.165, 1.54) is 4.70 Å². The summed E-state index contributed by atoms with van der Waals surface area (Å²) < 4.78 is 1.21. The maximum Gasteiger partial charge on any atom is 0.244 e. The Balaban J connectivity index is 1.73. The predicted octanol–water partition coefficient (Wildman–Crippen LogP) is 4.26. The first kappa shape index (κ1) is 17.2. The topological polar surface area (TPSA) is 36.4 Å². The van der Waals surface area contributed by atoms with Gasteiger partial charge in [0.25, 0.3) is 0 Å². The van der Waals surface area contributed by atoms with E-state index in [9.17, 15) is 4.79 Å². The van der Waals surface area contributed by atoms with E-state index < -0.39 is 0 Å². The molecule has 2 unspecified atom stereocenters. The SMILES string of the molecule is CN(C)C(=O)C(c1ccccc1)N1CCCC1c1nc2ccccc2s1. The summed E-state index contributed by atoms with van der Waals surface area (Å²) in [6, 6.07) is 18.3. The van der Waals surface area contributed by atoms with Gasteiger partial charge in [-0.2, -0.15) is 0 Å². The molecular weight excluding hydrogens is 342 g/mol. The summed E-state index contributed by atoms with van der Waals surface area (Å²) in [6.45, 7) is 0.916. The highest BCUT2D eigenvalue weighted by Gasteiger charge is 2.38. The molecule has 0 radical (unpaired) electrons. The molecule has 3 aromatic rings. The molecule has 2 atom stereocenters. The number of hydrogen-bond acceptors (Lipinski definition) is 4.